The van der Waals surface area contributed by atoms with E-state index in [2.05, 4.69) is 33.9 Å². The van der Waals surface area contributed by atoms with Crippen molar-refractivity contribution in [3.05, 3.63) is 22.2 Å². The largest absolute Gasteiger partial charge is 0.373 e. The molecule has 1 fully saturated rings. The van der Waals surface area contributed by atoms with Crippen LogP contribution in [0.15, 0.2) is 12.1 Å². The number of pyridine rings is 1. The molecular formula is C13H21N5O2. The standard InChI is InChI=1S/C13H21N5O2/c1-4-16-5-6-17(9-10(16)2)13-8-11(18(19)20)7-12(14-3)15-13/h7-8,10H,4-6,9H2,1-3H3,(H,14,15). The predicted octanol–water partition coefficient (Wildman–Crippen LogP) is 1.56. The van der Waals surface area contributed by atoms with Crippen molar-refractivity contribution in [1.29, 1.82) is 0 Å². The van der Waals surface area contributed by atoms with E-state index >= 15 is 0 Å². The molecule has 0 saturated carbocycles. The van der Waals surface area contributed by atoms with Crippen LogP contribution in [0.3, 0.4) is 0 Å². The van der Waals surface area contributed by atoms with E-state index in [1.165, 1.54) is 6.07 Å². The van der Waals surface area contributed by atoms with E-state index in [1.807, 2.05) is 0 Å². The quantitative estimate of drug-likeness (QED) is 0.666. The smallest absolute Gasteiger partial charge is 0.276 e. The summed E-state index contributed by atoms with van der Waals surface area (Å²) in [6.07, 6.45) is 0. The summed E-state index contributed by atoms with van der Waals surface area (Å²) >= 11 is 0. The lowest BCUT2D eigenvalue weighted by molar-refractivity contribution is -0.384. The van der Waals surface area contributed by atoms with Gasteiger partial charge in [-0.2, -0.15) is 0 Å². The highest BCUT2D eigenvalue weighted by atomic mass is 16.6. The number of hydrogen-bond donors (Lipinski definition) is 1. The molecule has 7 heteroatoms. The maximum Gasteiger partial charge on any atom is 0.276 e. The van der Waals surface area contributed by atoms with Crippen molar-refractivity contribution in [2.45, 2.75) is 19.9 Å². The topological polar surface area (TPSA) is 74.5 Å². The van der Waals surface area contributed by atoms with Gasteiger partial charge in [0, 0.05) is 32.7 Å². The fourth-order valence-corrected chi connectivity index (χ4v) is 2.57. The van der Waals surface area contributed by atoms with Crippen molar-refractivity contribution >= 4 is 17.3 Å². The summed E-state index contributed by atoms with van der Waals surface area (Å²) in [5, 5.41) is 13.9. The number of hydrogen-bond acceptors (Lipinski definition) is 6. The van der Waals surface area contributed by atoms with Crippen LogP contribution < -0.4 is 10.2 Å². The first kappa shape index (κ1) is 14.5. The molecule has 0 aromatic carbocycles. The van der Waals surface area contributed by atoms with E-state index in [1.54, 1.807) is 13.1 Å². The average molecular weight is 279 g/mol. The summed E-state index contributed by atoms with van der Waals surface area (Å²) in [5.74, 6) is 1.20. The zero-order valence-electron chi connectivity index (χ0n) is 12.2. The van der Waals surface area contributed by atoms with Gasteiger partial charge in [0.15, 0.2) is 0 Å². The van der Waals surface area contributed by atoms with Crippen molar-refractivity contribution in [2.24, 2.45) is 0 Å². The molecule has 0 spiro atoms. The lowest BCUT2D eigenvalue weighted by atomic mass is 10.2. The lowest BCUT2D eigenvalue weighted by Gasteiger charge is -2.39. The third kappa shape index (κ3) is 2.98. The minimum absolute atomic E-state index is 0.0740. The first-order chi connectivity index (χ1) is 9.55. The second-order valence-corrected chi connectivity index (χ2v) is 5.00. The van der Waals surface area contributed by atoms with Crippen molar-refractivity contribution in [3.8, 4) is 0 Å². The van der Waals surface area contributed by atoms with E-state index in [4.69, 9.17) is 0 Å². The van der Waals surface area contributed by atoms with Gasteiger partial charge < -0.3 is 10.2 Å². The molecule has 0 aliphatic carbocycles. The Labute approximate surface area is 118 Å². The number of nitrogens with zero attached hydrogens (tertiary/aromatic N) is 4. The molecule has 1 unspecified atom stereocenters. The number of aromatic nitrogens is 1. The third-order valence-corrected chi connectivity index (χ3v) is 3.76. The van der Waals surface area contributed by atoms with Crippen LogP contribution in [0.25, 0.3) is 0 Å². The number of piperazine rings is 1. The Morgan fingerprint density at radius 2 is 2.25 bits per heavy atom. The normalized spacial score (nSPS) is 19.9. The van der Waals surface area contributed by atoms with Crippen LogP contribution in [0, 0.1) is 10.1 Å². The molecule has 1 aliphatic heterocycles. The van der Waals surface area contributed by atoms with Crippen LogP contribution >= 0.6 is 0 Å². The Balaban J connectivity index is 2.24. The van der Waals surface area contributed by atoms with Gasteiger partial charge in [-0.15, -0.1) is 0 Å². The monoisotopic (exact) mass is 279 g/mol. The first-order valence-electron chi connectivity index (χ1n) is 6.88. The summed E-state index contributed by atoms with van der Waals surface area (Å²) in [4.78, 5) is 19.6. The molecule has 1 aromatic rings. The molecule has 1 saturated heterocycles. The number of anilines is 2. The van der Waals surface area contributed by atoms with Gasteiger partial charge in [-0.1, -0.05) is 6.92 Å². The summed E-state index contributed by atoms with van der Waals surface area (Å²) in [7, 11) is 1.72. The molecule has 0 amide bonds. The molecule has 1 atom stereocenters. The number of rotatable bonds is 4. The van der Waals surface area contributed by atoms with E-state index in [9.17, 15) is 10.1 Å². The summed E-state index contributed by atoms with van der Waals surface area (Å²) in [5.41, 5.74) is 0.0740. The Bertz CT molecular complexity index is 494. The fraction of sp³-hybridized carbons (Fsp3) is 0.615. The molecule has 20 heavy (non-hydrogen) atoms. The first-order valence-corrected chi connectivity index (χ1v) is 6.88. The SMILES string of the molecule is CCN1CCN(c2cc([N+](=O)[O-])cc(NC)n2)CC1C. The Kier molecular flexibility index (Phi) is 4.39. The average Bonchev–Trinajstić information content (AvgIpc) is 2.46. The van der Waals surface area contributed by atoms with Crippen molar-refractivity contribution in [2.75, 3.05) is 43.4 Å². The molecule has 0 radical (unpaired) electrons. The van der Waals surface area contributed by atoms with E-state index in [0.29, 0.717) is 17.7 Å². The van der Waals surface area contributed by atoms with Gasteiger partial charge in [-0.25, -0.2) is 4.98 Å². The second-order valence-electron chi connectivity index (χ2n) is 5.00. The zero-order chi connectivity index (χ0) is 14.7. The van der Waals surface area contributed by atoms with Crippen molar-refractivity contribution in [1.82, 2.24) is 9.88 Å². The predicted molar refractivity (Wildman–Crippen MR) is 79.4 cm³/mol. The molecular weight excluding hydrogens is 258 g/mol. The van der Waals surface area contributed by atoms with Crippen LogP contribution in [-0.4, -0.2) is 54.1 Å². The van der Waals surface area contributed by atoms with Crippen LogP contribution in [0.4, 0.5) is 17.3 Å². The van der Waals surface area contributed by atoms with Gasteiger partial charge in [-0.3, -0.25) is 15.0 Å². The van der Waals surface area contributed by atoms with Crippen LogP contribution in [-0.2, 0) is 0 Å². The summed E-state index contributed by atoms with van der Waals surface area (Å²) in [6.45, 7) is 7.99. The lowest BCUT2D eigenvalue weighted by Crippen LogP contribution is -2.52. The highest BCUT2D eigenvalue weighted by molar-refractivity contribution is 5.56. The molecule has 1 N–H and O–H groups in total. The summed E-state index contributed by atoms with van der Waals surface area (Å²) < 4.78 is 0. The van der Waals surface area contributed by atoms with Gasteiger partial charge in [0.1, 0.15) is 11.6 Å². The molecule has 1 aromatic heterocycles. The molecule has 110 valence electrons. The number of nitro groups is 1. The van der Waals surface area contributed by atoms with Crippen molar-refractivity contribution in [3.63, 3.8) is 0 Å². The van der Waals surface area contributed by atoms with Gasteiger partial charge in [-0.05, 0) is 13.5 Å². The molecule has 2 heterocycles. The molecule has 2 rings (SSSR count). The fourth-order valence-electron chi connectivity index (χ4n) is 2.57. The molecule has 1 aliphatic rings. The minimum atomic E-state index is -0.377. The van der Waals surface area contributed by atoms with Gasteiger partial charge in [0.2, 0.25) is 0 Å². The maximum absolute atomic E-state index is 11.0. The van der Waals surface area contributed by atoms with Crippen LogP contribution in [0.5, 0.6) is 0 Å². The maximum atomic E-state index is 11.0. The van der Waals surface area contributed by atoms with Crippen LogP contribution in [0.2, 0.25) is 0 Å². The zero-order valence-corrected chi connectivity index (χ0v) is 12.2. The second kappa shape index (κ2) is 6.04. The van der Waals surface area contributed by atoms with E-state index < -0.39 is 0 Å². The third-order valence-electron chi connectivity index (χ3n) is 3.76. The Morgan fingerprint density at radius 1 is 1.50 bits per heavy atom. The summed E-state index contributed by atoms with van der Waals surface area (Å²) in [6, 6.07) is 3.43. The number of nitrogens with one attached hydrogen (secondary N) is 1. The molecule has 7 nitrogen and oxygen atoms in total. The Morgan fingerprint density at radius 3 is 2.80 bits per heavy atom. The van der Waals surface area contributed by atoms with Gasteiger partial charge in [0.25, 0.3) is 5.69 Å². The highest BCUT2D eigenvalue weighted by Gasteiger charge is 2.24. The molecule has 0 bridgehead atoms. The minimum Gasteiger partial charge on any atom is -0.373 e. The van der Waals surface area contributed by atoms with Gasteiger partial charge in [0.05, 0.1) is 17.1 Å². The Hall–Kier alpha value is -1.89. The highest BCUT2D eigenvalue weighted by Crippen LogP contribution is 2.25. The van der Waals surface area contributed by atoms with Crippen molar-refractivity contribution < 1.29 is 4.92 Å². The van der Waals surface area contributed by atoms with Gasteiger partial charge >= 0.3 is 0 Å². The number of likely N-dealkylation sites (N-methyl/N-ethyl adjacent to an activating group) is 1. The van der Waals surface area contributed by atoms with Crippen LogP contribution in [0.1, 0.15) is 13.8 Å². The van der Waals surface area contributed by atoms with E-state index in [0.717, 1.165) is 26.2 Å². The van der Waals surface area contributed by atoms with E-state index in [-0.39, 0.29) is 10.6 Å².